The molecule has 2 heterocycles. The second-order valence-electron chi connectivity index (χ2n) is 6.66. The van der Waals surface area contributed by atoms with Gasteiger partial charge in [-0.3, -0.25) is 0 Å². The molecule has 1 aliphatic rings. The molecule has 0 fully saturated rings. The van der Waals surface area contributed by atoms with Crippen LogP contribution in [0.15, 0.2) is 52.8 Å². The Morgan fingerprint density at radius 3 is 2.66 bits per heavy atom. The van der Waals surface area contributed by atoms with Gasteiger partial charge in [-0.15, -0.1) is 11.3 Å². The largest absolute Gasteiger partial charge is 0.508 e. The number of carbonyl (C=O) groups is 1. The van der Waals surface area contributed by atoms with Crippen molar-refractivity contribution < 1.29 is 15.0 Å². The molecule has 8 heteroatoms. The Labute approximate surface area is 170 Å². The molecule has 0 saturated heterocycles. The molecule has 0 spiro atoms. The molecule has 1 aliphatic heterocycles. The average molecular weight is 404 g/mol. The van der Waals surface area contributed by atoms with Gasteiger partial charge in [-0.1, -0.05) is 12.1 Å². The third-order valence-corrected chi connectivity index (χ3v) is 5.71. The van der Waals surface area contributed by atoms with Gasteiger partial charge in [0.1, 0.15) is 16.5 Å². The summed E-state index contributed by atoms with van der Waals surface area (Å²) in [5.41, 5.74) is 3.16. The molecular formula is C21H16N4O3S. The van der Waals surface area contributed by atoms with Gasteiger partial charge < -0.3 is 15.5 Å². The first-order valence-electron chi connectivity index (χ1n) is 8.80. The van der Waals surface area contributed by atoms with Crippen molar-refractivity contribution in [1.82, 2.24) is 10.3 Å². The van der Waals surface area contributed by atoms with Crippen LogP contribution in [-0.2, 0) is 0 Å². The monoisotopic (exact) mass is 404 g/mol. The van der Waals surface area contributed by atoms with Crippen molar-refractivity contribution in [3.63, 3.8) is 0 Å². The van der Waals surface area contributed by atoms with E-state index in [2.05, 4.69) is 16.4 Å². The van der Waals surface area contributed by atoms with Crippen molar-refractivity contribution in [3.05, 3.63) is 64.0 Å². The van der Waals surface area contributed by atoms with Crippen molar-refractivity contribution in [3.8, 4) is 28.8 Å². The molecule has 2 atom stereocenters. The summed E-state index contributed by atoms with van der Waals surface area (Å²) in [6, 6.07) is 12.3. The molecule has 29 heavy (non-hydrogen) atoms. The number of thiazole rings is 1. The fraction of sp³-hybridized carbons (Fsp3) is 0.143. The number of carbonyl (C=O) groups excluding carboxylic acids is 1. The Morgan fingerprint density at radius 2 is 1.93 bits per heavy atom. The number of urea groups is 1. The third-order valence-electron chi connectivity index (χ3n) is 4.78. The fourth-order valence-electron chi connectivity index (χ4n) is 3.37. The van der Waals surface area contributed by atoms with E-state index >= 15 is 0 Å². The zero-order chi connectivity index (χ0) is 20.5. The number of phenolic OH excluding ortho intramolecular Hbond substituents is 2. The second-order valence-corrected chi connectivity index (χ2v) is 7.55. The Bertz CT molecular complexity index is 1160. The standard InChI is InChI=1S/C21H16N4O3S/c1-11-18(19(25-21(28)23-11)15-8-14(26)6-7-17(15)27)20-24-16(10-29-20)13-4-2-12(9-22)3-5-13/h2-8,10,18-19,26-27H,1H3,(H,25,28). The summed E-state index contributed by atoms with van der Waals surface area (Å²) < 4.78 is 0. The molecule has 144 valence electrons. The van der Waals surface area contributed by atoms with Crippen molar-refractivity contribution >= 4 is 23.1 Å². The molecule has 0 saturated carbocycles. The topological polar surface area (TPSA) is 119 Å². The number of benzene rings is 2. The Kier molecular flexibility index (Phi) is 4.74. The van der Waals surface area contributed by atoms with Crippen LogP contribution in [0, 0.1) is 11.3 Å². The highest BCUT2D eigenvalue weighted by molar-refractivity contribution is 7.10. The number of aliphatic imine (C=N–C) groups is 1. The molecule has 7 nitrogen and oxygen atoms in total. The van der Waals surface area contributed by atoms with Crippen molar-refractivity contribution in [2.45, 2.75) is 18.9 Å². The Morgan fingerprint density at radius 1 is 1.17 bits per heavy atom. The van der Waals surface area contributed by atoms with Gasteiger partial charge >= 0.3 is 6.03 Å². The Balaban J connectivity index is 1.75. The predicted octanol–water partition coefficient (Wildman–Crippen LogP) is 4.10. The van der Waals surface area contributed by atoms with Crippen LogP contribution in [0.4, 0.5) is 4.79 Å². The predicted molar refractivity (Wildman–Crippen MR) is 109 cm³/mol. The molecule has 1 aromatic heterocycles. The van der Waals surface area contributed by atoms with Gasteiger partial charge in [0.15, 0.2) is 0 Å². The molecule has 2 unspecified atom stereocenters. The lowest BCUT2D eigenvalue weighted by atomic mass is 9.88. The van der Waals surface area contributed by atoms with Gasteiger partial charge in [0.2, 0.25) is 0 Å². The summed E-state index contributed by atoms with van der Waals surface area (Å²) in [7, 11) is 0. The van der Waals surface area contributed by atoms with Crippen LogP contribution < -0.4 is 5.32 Å². The van der Waals surface area contributed by atoms with E-state index in [0.29, 0.717) is 16.8 Å². The lowest BCUT2D eigenvalue weighted by molar-refractivity contribution is 0.242. The van der Waals surface area contributed by atoms with E-state index in [9.17, 15) is 15.0 Å². The fourth-order valence-corrected chi connectivity index (χ4v) is 4.39. The molecule has 0 bridgehead atoms. The zero-order valence-corrected chi connectivity index (χ0v) is 16.1. The molecule has 0 aliphatic carbocycles. The first kappa shape index (κ1) is 18.7. The minimum absolute atomic E-state index is 0.0108. The lowest BCUT2D eigenvalue weighted by Gasteiger charge is -2.30. The van der Waals surface area contributed by atoms with Crippen LogP contribution in [-0.4, -0.2) is 26.9 Å². The normalized spacial score (nSPS) is 18.6. The summed E-state index contributed by atoms with van der Waals surface area (Å²) in [6.07, 6.45) is 0. The molecule has 4 rings (SSSR count). The lowest BCUT2D eigenvalue weighted by Crippen LogP contribution is -2.38. The second kappa shape index (κ2) is 7.37. The van der Waals surface area contributed by atoms with Gasteiger partial charge in [0.25, 0.3) is 0 Å². The summed E-state index contributed by atoms with van der Waals surface area (Å²) in [6.45, 7) is 1.75. The molecule has 3 aromatic rings. The number of phenols is 2. The molecule has 3 N–H and O–H groups in total. The van der Waals surface area contributed by atoms with Gasteiger partial charge in [-0.2, -0.15) is 5.26 Å². The van der Waals surface area contributed by atoms with Crippen molar-refractivity contribution in [2.24, 2.45) is 4.99 Å². The van der Waals surface area contributed by atoms with Crippen LogP contribution in [0.5, 0.6) is 11.5 Å². The summed E-state index contributed by atoms with van der Waals surface area (Å²) in [4.78, 5) is 20.8. The van der Waals surface area contributed by atoms with E-state index in [1.807, 2.05) is 17.5 Å². The number of hydrogen-bond acceptors (Lipinski definition) is 6. The highest BCUT2D eigenvalue weighted by Gasteiger charge is 2.36. The van der Waals surface area contributed by atoms with Crippen LogP contribution in [0.3, 0.4) is 0 Å². The number of aromatic nitrogens is 1. The number of aromatic hydroxyl groups is 2. The third kappa shape index (κ3) is 3.56. The van der Waals surface area contributed by atoms with E-state index in [1.165, 1.54) is 29.5 Å². The van der Waals surface area contributed by atoms with E-state index in [-0.39, 0.29) is 11.5 Å². The maximum Gasteiger partial charge on any atom is 0.341 e. The van der Waals surface area contributed by atoms with Gasteiger partial charge in [0, 0.05) is 22.2 Å². The quantitative estimate of drug-likeness (QED) is 0.568. The Hall–Kier alpha value is -3.70. The molecule has 2 aromatic carbocycles. The van der Waals surface area contributed by atoms with Gasteiger partial charge in [-0.25, -0.2) is 14.8 Å². The highest BCUT2D eigenvalue weighted by Crippen LogP contribution is 2.41. The minimum atomic E-state index is -0.618. The number of hydrogen-bond donors (Lipinski definition) is 3. The first-order chi connectivity index (χ1) is 14.0. The summed E-state index contributed by atoms with van der Waals surface area (Å²) in [5.74, 6) is -0.433. The van der Waals surface area contributed by atoms with E-state index in [0.717, 1.165) is 16.3 Å². The van der Waals surface area contributed by atoms with Crippen molar-refractivity contribution in [1.29, 1.82) is 5.26 Å². The van der Waals surface area contributed by atoms with E-state index < -0.39 is 18.0 Å². The number of nitrogens with zero attached hydrogens (tertiary/aromatic N) is 3. The van der Waals surface area contributed by atoms with Gasteiger partial charge in [-0.05, 0) is 37.3 Å². The minimum Gasteiger partial charge on any atom is -0.508 e. The van der Waals surface area contributed by atoms with Crippen LogP contribution >= 0.6 is 11.3 Å². The smallest absolute Gasteiger partial charge is 0.341 e. The van der Waals surface area contributed by atoms with Crippen LogP contribution in [0.1, 0.15) is 35.0 Å². The molecule has 2 amide bonds. The van der Waals surface area contributed by atoms with E-state index in [4.69, 9.17) is 10.2 Å². The number of amides is 2. The first-order valence-corrected chi connectivity index (χ1v) is 9.67. The van der Waals surface area contributed by atoms with Gasteiger partial charge in [0.05, 0.1) is 29.3 Å². The molecule has 0 radical (unpaired) electrons. The average Bonchev–Trinajstić information content (AvgIpc) is 3.19. The summed E-state index contributed by atoms with van der Waals surface area (Å²) >= 11 is 1.42. The van der Waals surface area contributed by atoms with Crippen molar-refractivity contribution in [2.75, 3.05) is 0 Å². The van der Waals surface area contributed by atoms with Crippen LogP contribution in [0.25, 0.3) is 11.3 Å². The number of nitrogens with one attached hydrogen (secondary N) is 1. The number of nitriles is 1. The highest BCUT2D eigenvalue weighted by atomic mass is 32.1. The number of rotatable bonds is 3. The molecular weight excluding hydrogens is 388 g/mol. The van der Waals surface area contributed by atoms with Crippen LogP contribution in [0.2, 0.25) is 0 Å². The zero-order valence-electron chi connectivity index (χ0n) is 15.3. The van der Waals surface area contributed by atoms with E-state index in [1.54, 1.807) is 19.1 Å². The maximum absolute atomic E-state index is 12.0. The SMILES string of the molecule is CC1=NC(=O)NC(c2cc(O)ccc2O)C1c1nc(-c2ccc(C#N)cc2)cs1. The maximum atomic E-state index is 12.0. The summed E-state index contributed by atoms with van der Waals surface area (Å²) in [5, 5.41) is 34.5.